The molecule has 0 spiro atoms. The number of carbonyl (C=O) groups is 1. The Kier molecular flexibility index (Phi) is 6.76. The van der Waals surface area contributed by atoms with Crippen LogP contribution in [0.2, 0.25) is 4.34 Å². The van der Waals surface area contributed by atoms with E-state index in [1.807, 2.05) is 12.1 Å². The zero-order chi connectivity index (χ0) is 15.1. The molecule has 118 valence electrons. The number of halogens is 1. The molecule has 0 radical (unpaired) electrons. The average molecular weight is 332 g/mol. The monoisotopic (exact) mass is 331 g/mol. The fourth-order valence-electron chi connectivity index (χ4n) is 2.24. The third kappa shape index (κ3) is 5.82. The number of hydrogen-bond donors (Lipinski definition) is 2. The first-order chi connectivity index (χ1) is 10.1. The van der Waals surface area contributed by atoms with Crippen molar-refractivity contribution in [2.75, 3.05) is 39.4 Å². The molecule has 0 unspecified atom stereocenters. The van der Waals surface area contributed by atoms with E-state index in [4.69, 9.17) is 16.3 Å². The van der Waals surface area contributed by atoms with Gasteiger partial charge in [0.2, 0.25) is 0 Å². The molecule has 0 aromatic carbocycles. The summed E-state index contributed by atoms with van der Waals surface area (Å²) in [5.74, 6) is 0. The van der Waals surface area contributed by atoms with Crippen molar-refractivity contribution in [1.82, 2.24) is 15.5 Å². The fraction of sp³-hybridized carbons (Fsp3) is 0.643. The van der Waals surface area contributed by atoms with Gasteiger partial charge in [-0.1, -0.05) is 11.6 Å². The Morgan fingerprint density at radius 2 is 2.19 bits per heavy atom. The Morgan fingerprint density at radius 3 is 2.86 bits per heavy atom. The SMILES string of the molecule is C[C@H](CNC(=O)NCCc1ccc(Cl)s1)N1CCOCC1. The molecule has 7 heteroatoms. The van der Waals surface area contributed by atoms with E-state index in [2.05, 4.69) is 22.5 Å². The summed E-state index contributed by atoms with van der Waals surface area (Å²) in [6.07, 6.45) is 0.809. The van der Waals surface area contributed by atoms with Crippen molar-refractivity contribution < 1.29 is 9.53 Å². The minimum Gasteiger partial charge on any atom is -0.379 e. The summed E-state index contributed by atoms with van der Waals surface area (Å²) < 4.78 is 6.11. The quantitative estimate of drug-likeness (QED) is 0.838. The first kappa shape index (κ1) is 16.5. The molecule has 5 nitrogen and oxygen atoms in total. The first-order valence-corrected chi connectivity index (χ1v) is 8.42. The van der Waals surface area contributed by atoms with Gasteiger partial charge in [0.1, 0.15) is 0 Å². The van der Waals surface area contributed by atoms with Gasteiger partial charge in [-0.25, -0.2) is 4.79 Å². The van der Waals surface area contributed by atoms with Gasteiger partial charge in [0.25, 0.3) is 0 Å². The van der Waals surface area contributed by atoms with E-state index in [0.717, 1.165) is 37.1 Å². The lowest BCUT2D eigenvalue weighted by molar-refractivity contribution is 0.0209. The highest BCUT2D eigenvalue weighted by Crippen LogP contribution is 2.21. The maximum atomic E-state index is 11.7. The number of morpholine rings is 1. The average Bonchev–Trinajstić information content (AvgIpc) is 2.91. The zero-order valence-electron chi connectivity index (χ0n) is 12.2. The predicted octanol–water partition coefficient (Wildman–Crippen LogP) is 1.96. The molecule has 1 aromatic heterocycles. The summed E-state index contributed by atoms with van der Waals surface area (Å²) in [7, 11) is 0. The summed E-state index contributed by atoms with van der Waals surface area (Å²) in [5.41, 5.74) is 0. The smallest absolute Gasteiger partial charge is 0.314 e. The lowest BCUT2D eigenvalue weighted by Gasteiger charge is -2.32. The van der Waals surface area contributed by atoms with Crippen molar-refractivity contribution in [1.29, 1.82) is 0 Å². The maximum Gasteiger partial charge on any atom is 0.314 e. The molecule has 1 saturated heterocycles. The van der Waals surface area contributed by atoms with Crippen LogP contribution in [0.4, 0.5) is 4.79 Å². The molecule has 21 heavy (non-hydrogen) atoms. The molecule has 1 aliphatic rings. The lowest BCUT2D eigenvalue weighted by atomic mass is 10.2. The van der Waals surface area contributed by atoms with E-state index < -0.39 is 0 Å². The number of urea groups is 1. The fourth-order valence-corrected chi connectivity index (χ4v) is 3.32. The second-order valence-corrected chi connectivity index (χ2v) is 6.89. The molecule has 1 fully saturated rings. The molecule has 0 saturated carbocycles. The van der Waals surface area contributed by atoms with Gasteiger partial charge in [0, 0.05) is 37.1 Å². The molecule has 1 aliphatic heterocycles. The van der Waals surface area contributed by atoms with E-state index in [1.54, 1.807) is 11.3 Å². The molecule has 2 heterocycles. The minimum absolute atomic E-state index is 0.113. The number of nitrogens with one attached hydrogen (secondary N) is 2. The molecule has 0 bridgehead atoms. The molecule has 2 amide bonds. The van der Waals surface area contributed by atoms with Gasteiger partial charge in [0.05, 0.1) is 17.6 Å². The second kappa shape index (κ2) is 8.58. The number of hydrogen-bond acceptors (Lipinski definition) is 4. The van der Waals surface area contributed by atoms with Crippen molar-refractivity contribution >= 4 is 29.0 Å². The maximum absolute atomic E-state index is 11.7. The summed E-state index contributed by atoms with van der Waals surface area (Å²) in [6, 6.07) is 4.09. The number of carbonyl (C=O) groups excluding carboxylic acids is 1. The third-order valence-corrected chi connectivity index (χ3v) is 4.80. The van der Waals surface area contributed by atoms with E-state index in [-0.39, 0.29) is 6.03 Å². The van der Waals surface area contributed by atoms with Crippen LogP contribution in [0.25, 0.3) is 0 Å². The van der Waals surface area contributed by atoms with Gasteiger partial charge in [-0.05, 0) is 25.5 Å². The minimum atomic E-state index is -0.113. The Balaban J connectivity index is 1.58. The van der Waals surface area contributed by atoms with Crippen molar-refractivity contribution in [3.05, 3.63) is 21.3 Å². The lowest BCUT2D eigenvalue weighted by Crippen LogP contribution is -2.49. The molecule has 2 N–H and O–H groups in total. The van der Waals surface area contributed by atoms with Gasteiger partial charge in [-0.3, -0.25) is 4.90 Å². The largest absolute Gasteiger partial charge is 0.379 e. The standard InChI is InChI=1S/C14H22ClN3O2S/c1-11(18-6-8-20-9-7-18)10-17-14(19)16-5-4-12-2-3-13(15)21-12/h2-3,11H,4-10H2,1H3,(H2,16,17,19)/t11-/m1/s1. The highest BCUT2D eigenvalue weighted by atomic mass is 35.5. The molecular weight excluding hydrogens is 310 g/mol. The van der Waals surface area contributed by atoms with Crippen LogP contribution in [0.15, 0.2) is 12.1 Å². The number of rotatable bonds is 6. The molecule has 1 aromatic rings. The van der Waals surface area contributed by atoms with Crippen LogP contribution in [0.5, 0.6) is 0 Å². The summed E-state index contributed by atoms with van der Waals surface area (Å²) in [4.78, 5) is 15.3. The van der Waals surface area contributed by atoms with Crippen LogP contribution < -0.4 is 10.6 Å². The second-order valence-electron chi connectivity index (χ2n) is 5.09. The third-order valence-electron chi connectivity index (χ3n) is 3.51. The van der Waals surface area contributed by atoms with Crippen LogP contribution in [0.3, 0.4) is 0 Å². The molecular formula is C14H22ClN3O2S. The highest BCUT2D eigenvalue weighted by molar-refractivity contribution is 7.16. The topological polar surface area (TPSA) is 53.6 Å². The van der Waals surface area contributed by atoms with Gasteiger partial charge < -0.3 is 15.4 Å². The van der Waals surface area contributed by atoms with Crippen molar-refractivity contribution in [3.63, 3.8) is 0 Å². The Bertz CT molecular complexity index is 449. The van der Waals surface area contributed by atoms with E-state index in [1.165, 1.54) is 4.88 Å². The van der Waals surface area contributed by atoms with Crippen LogP contribution in [-0.2, 0) is 11.2 Å². The summed E-state index contributed by atoms with van der Waals surface area (Å²) in [6.45, 7) is 6.82. The van der Waals surface area contributed by atoms with E-state index >= 15 is 0 Å². The Labute approximate surface area is 134 Å². The summed E-state index contributed by atoms with van der Waals surface area (Å²) >= 11 is 7.42. The first-order valence-electron chi connectivity index (χ1n) is 7.23. The Hall–Kier alpha value is -0.820. The number of ether oxygens (including phenoxy) is 1. The van der Waals surface area contributed by atoms with Crippen LogP contribution in [0.1, 0.15) is 11.8 Å². The summed E-state index contributed by atoms with van der Waals surface area (Å²) in [5, 5.41) is 5.79. The van der Waals surface area contributed by atoms with Crippen LogP contribution >= 0.6 is 22.9 Å². The predicted molar refractivity (Wildman–Crippen MR) is 86.3 cm³/mol. The van der Waals surface area contributed by atoms with Crippen molar-refractivity contribution in [2.45, 2.75) is 19.4 Å². The normalized spacial score (nSPS) is 17.4. The zero-order valence-corrected chi connectivity index (χ0v) is 13.8. The van der Waals surface area contributed by atoms with Gasteiger partial charge in [0.15, 0.2) is 0 Å². The van der Waals surface area contributed by atoms with E-state index in [0.29, 0.717) is 19.1 Å². The van der Waals surface area contributed by atoms with Gasteiger partial charge in [-0.2, -0.15) is 0 Å². The molecule has 2 rings (SSSR count). The number of amides is 2. The number of nitrogens with zero attached hydrogens (tertiary/aromatic N) is 1. The molecule has 1 atom stereocenters. The van der Waals surface area contributed by atoms with Gasteiger partial charge >= 0.3 is 6.03 Å². The van der Waals surface area contributed by atoms with E-state index in [9.17, 15) is 4.79 Å². The highest BCUT2D eigenvalue weighted by Gasteiger charge is 2.17. The molecule has 0 aliphatic carbocycles. The van der Waals surface area contributed by atoms with Crippen LogP contribution in [-0.4, -0.2) is 56.4 Å². The Morgan fingerprint density at radius 1 is 1.43 bits per heavy atom. The van der Waals surface area contributed by atoms with Crippen LogP contribution in [0, 0.1) is 0 Å². The van der Waals surface area contributed by atoms with Gasteiger partial charge in [-0.15, -0.1) is 11.3 Å². The number of thiophene rings is 1. The van der Waals surface area contributed by atoms with Crippen molar-refractivity contribution in [3.8, 4) is 0 Å². The van der Waals surface area contributed by atoms with Crippen molar-refractivity contribution in [2.24, 2.45) is 0 Å².